The van der Waals surface area contributed by atoms with E-state index in [1.165, 1.54) is 6.07 Å². The molecule has 0 unspecified atom stereocenters. The Balaban J connectivity index is 1.37. The van der Waals surface area contributed by atoms with Gasteiger partial charge in [-0.15, -0.1) is 0 Å². The van der Waals surface area contributed by atoms with Crippen LogP contribution in [0.25, 0.3) is 6.08 Å². The van der Waals surface area contributed by atoms with Crippen molar-refractivity contribution in [3.63, 3.8) is 0 Å². The molecule has 0 N–H and O–H groups in total. The summed E-state index contributed by atoms with van der Waals surface area (Å²) in [7, 11) is 0. The number of halogens is 2. The molecule has 1 fully saturated rings. The van der Waals surface area contributed by atoms with E-state index >= 15 is 0 Å². The fraction of sp³-hybridized carbons (Fsp3) is 0.120. The molecule has 4 rings (SSSR count). The van der Waals surface area contributed by atoms with Crippen LogP contribution in [-0.2, 0) is 11.4 Å². The molecule has 0 radical (unpaired) electrons. The van der Waals surface area contributed by atoms with Crippen molar-refractivity contribution in [2.75, 3.05) is 13.2 Å². The Kier molecular flexibility index (Phi) is 7.32. The molecule has 33 heavy (non-hydrogen) atoms. The smallest absolute Gasteiger partial charge is 0.293 e. The number of nitrogens with zero attached hydrogens (tertiary/aromatic N) is 1. The van der Waals surface area contributed by atoms with Crippen molar-refractivity contribution in [2.24, 2.45) is 0 Å². The molecule has 2 amide bonds. The van der Waals surface area contributed by atoms with Crippen LogP contribution in [0, 0.1) is 5.82 Å². The Bertz CT molecular complexity index is 1200. The third kappa shape index (κ3) is 5.74. The van der Waals surface area contributed by atoms with Crippen molar-refractivity contribution in [3.05, 3.63) is 99.7 Å². The van der Waals surface area contributed by atoms with E-state index < -0.39 is 0 Å². The van der Waals surface area contributed by atoms with E-state index in [2.05, 4.69) is 0 Å². The van der Waals surface area contributed by atoms with Gasteiger partial charge in [-0.3, -0.25) is 14.5 Å². The van der Waals surface area contributed by atoms with Crippen molar-refractivity contribution < 1.29 is 23.5 Å². The fourth-order valence-corrected chi connectivity index (χ4v) is 4.22. The third-order valence-corrected chi connectivity index (χ3v) is 6.00. The Labute approximate surface area is 199 Å². The SMILES string of the molecule is O=C1S/C(=C\c2ccc(OCc3ccccc3F)c(Cl)c2)C(=O)N1CCOc1ccccc1. The van der Waals surface area contributed by atoms with Crippen LogP contribution in [-0.4, -0.2) is 29.2 Å². The largest absolute Gasteiger partial charge is 0.492 e. The first kappa shape index (κ1) is 22.9. The van der Waals surface area contributed by atoms with Crippen LogP contribution in [0.1, 0.15) is 11.1 Å². The summed E-state index contributed by atoms with van der Waals surface area (Å²) in [5, 5.41) is -0.0329. The minimum absolute atomic E-state index is 0.0374. The molecular weight excluding hydrogens is 465 g/mol. The molecule has 0 aliphatic carbocycles. The number of para-hydroxylation sites is 1. The maximum absolute atomic E-state index is 13.8. The predicted octanol–water partition coefficient (Wildman–Crippen LogP) is 6.17. The molecule has 1 aliphatic heterocycles. The monoisotopic (exact) mass is 483 g/mol. The summed E-state index contributed by atoms with van der Waals surface area (Å²) in [5.74, 6) is 0.336. The van der Waals surface area contributed by atoms with Crippen molar-refractivity contribution in [3.8, 4) is 11.5 Å². The van der Waals surface area contributed by atoms with Gasteiger partial charge in [0.2, 0.25) is 0 Å². The lowest BCUT2D eigenvalue weighted by atomic mass is 10.2. The summed E-state index contributed by atoms with van der Waals surface area (Å²) in [5.41, 5.74) is 1.06. The van der Waals surface area contributed by atoms with Gasteiger partial charge in [0.05, 0.1) is 16.5 Å². The molecule has 1 saturated heterocycles. The first-order chi connectivity index (χ1) is 16.0. The molecule has 3 aromatic rings. The highest BCUT2D eigenvalue weighted by Crippen LogP contribution is 2.34. The zero-order valence-corrected chi connectivity index (χ0v) is 18.9. The lowest BCUT2D eigenvalue weighted by molar-refractivity contribution is -0.123. The highest BCUT2D eigenvalue weighted by molar-refractivity contribution is 8.18. The van der Waals surface area contributed by atoms with Crippen molar-refractivity contribution >= 4 is 40.6 Å². The van der Waals surface area contributed by atoms with Gasteiger partial charge < -0.3 is 9.47 Å². The second kappa shape index (κ2) is 10.6. The number of benzene rings is 3. The zero-order chi connectivity index (χ0) is 23.2. The first-order valence-electron chi connectivity index (χ1n) is 10.1. The molecule has 8 heteroatoms. The average molecular weight is 484 g/mol. The second-order valence-corrected chi connectivity index (χ2v) is 8.47. The average Bonchev–Trinajstić information content (AvgIpc) is 3.07. The highest BCUT2D eigenvalue weighted by atomic mass is 35.5. The van der Waals surface area contributed by atoms with Crippen LogP contribution in [0.2, 0.25) is 5.02 Å². The van der Waals surface area contributed by atoms with Gasteiger partial charge >= 0.3 is 0 Å². The topological polar surface area (TPSA) is 55.8 Å². The van der Waals surface area contributed by atoms with Crippen molar-refractivity contribution in [2.45, 2.75) is 6.61 Å². The number of carbonyl (C=O) groups is 2. The molecule has 1 heterocycles. The minimum atomic E-state index is -0.377. The van der Waals surface area contributed by atoms with E-state index in [9.17, 15) is 14.0 Å². The summed E-state index contributed by atoms with van der Waals surface area (Å²) < 4.78 is 25.0. The molecule has 0 bridgehead atoms. The van der Waals surface area contributed by atoms with Gasteiger partial charge in [0.15, 0.2) is 0 Å². The van der Waals surface area contributed by atoms with Gasteiger partial charge in [0.1, 0.15) is 30.5 Å². The molecule has 0 atom stereocenters. The third-order valence-electron chi connectivity index (χ3n) is 4.80. The van der Waals surface area contributed by atoms with E-state index in [4.69, 9.17) is 21.1 Å². The van der Waals surface area contributed by atoms with Crippen molar-refractivity contribution in [1.29, 1.82) is 0 Å². The van der Waals surface area contributed by atoms with Crippen LogP contribution >= 0.6 is 23.4 Å². The maximum atomic E-state index is 13.8. The fourth-order valence-electron chi connectivity index (χ4n) is 3.11. The van der Waals surface area contributed by atoms with Crippen molar-refractivity contribution in [1.82, 2.24) is 4.90 Å². The second-order valence-electron chi connectivity index (χ2n) is 7.06. The predicted molar refractivity (Wildman–Crippen MR) is 127 cm³/mol. The van der Waals surface area contributed by atoms with Gasteiger partial charge in [0.25, 0.3) is 11.1 Å². The number of ether oxygens (including phenoxy) is 2. The zero-order valence-electron chi connectivity index (χ0n) is 17.4. The summed E-state index contributed by atoms with van der Waals surface area (Å²) in [4.78, 5) is 26.4. The number of thioether (sulfide) groups is 1. The maximum Gasteiger partial charge on any atom is 0.293 e. The van der Waals surface area contributed by atoms with Crippen LogP contribution in [0.4, 0.5) is 9.18 Å². The van der Waals surface area contributed by atoms with E-state index in [0.717, 1.165) is 16.7 Å². The standard InChI is InChI=1S/C25H19ClFNO4S/c26-20-14-17(10-11-22(20)32-16-18-6-4-5-9-21(18)27)15-23-24(29)28(25(30)33-23)12-13-31-19-7-2-1-3-8-19/h1-11,14-15H,12-13,16H2/b23-15-. The lowest BCUT2D eigenvalue weighted by Crippen LogP contribution is -2.32. The molecule has 0 saturated carbocycles. The minimum Gasteiger partial charge on any atom is -0.492 e. The normalized spacial score (nSPS) is 14.7. The molecule has 5 nitrogen and oxygen atoms in total. The van der Waals surface area contributed by atoms with Gasteiger partial charge in [-0.1, -0.05) is 54.1 Å². The van der Waals surface area contributed by atoms with E-state index in [0.29, 0.717) is 32.6 Å². The van der Waals surface area contributed by atoms with Crippen LogP contribution < -0.4 is 9.47 Å². The summed E-state index contributed by atoms with van der Waals surface area (Å²) >= 11 is 7.18. The first-order valence-corrected chi connectivity index (χ1v) is 11.3. The Morgan fingerprint density at radius 2 is 1.73 bits per heavy atom. The van der Waals surface area contributed by atoms with Crippen LogP contribution in [0.3, 0.4) is 0 Å². The molecule has 3 aromatic carbocycles. The summed E-state index contributed by atoms with van der Waals surface area (Å²) in [6.07, 6.45) is 1.61. The Morgan fingerprint density at radius 3 is 2.48 bits per heavy atom. The van der Waals surface area contributed by atoms with E-state index in [1.54, 1.807) is 54.6 Å². The number of rotatable bonds is 8. The van der Waals surface area contributed by atoms with Crippen LogP contribution in [0.5, 0.6) is 11.5 Å². The number of hydrogen-bond acceptors (Lipinski definition) is 5. The molecule has 0 spiro atoms. The van der Waals surface area contributed by atoms with E-state index in [-0.39, 0.29) is 36.7 Å². The number of amides is 2. The number of imide groups is 1. The molecular formula is C25H19ClFNO4S. The van der Waals surface area contributed by atoms with Gasteiger partial charge in [-0.25, -0.2) is 4.39 Å². The summed E-state index contributed by atoms with van der Waals surface area (Å²) in [6, 6.07) is 20.5. The van der Waals surface area contributed by atoms with Gasteiger partial charge in [-0.2, -0.15) is 0 Å². The Hall–Kier alpha value is -3.29. The molecule has 0 aromatic heterocycles. The van der Waals surface area contributed by atoms with Gasteiger partial charge in [-0.05, 0) is 53.7 Å². The number of carbonyl (C=O) groups excluding carboxylic acids is 2. The summed E-state index contributed by atoms with van der Waals surface area (Å²) in [6.45, 7) is 0.394. The Morgan fingerprint density at radius 1 is 0.970 bits per heavy atom. The lowest BCUT2D eigenvalue weighted by Gasteiger charge is -2.13. The molecule has 168 valence electrons. The quantitative estimate of drug-likeness (QED) is 0.358. The van der Waals surface area contributed by atoms with Crippen LogP contribution in [0.15, 0.2) is 77.7 Å². The van der Waals surface area contributed by atoms with E-state index in [1.807, 2.05) is 18.2 Å². The number of hydrogen-bond donors (Lipinski definition) is 0. The molecule has 1 aliphatic rings. The van der Waals surface area contributed by atoms with Gasteiger partial charge in [0, 0.05) is 5.56 Å². The highest BCUT2D eigenvalue weighted by Gasteiger charge is 2.34.